The first kappa shape index (κ1) is 18.6. The van der Waals surface area contributed by atoms with Gasteiger partial charge < -0.3 is 0 Å². The lowest BCUT2D eigenvalue weighted by Crippen LogP contribution is -2.44. The van der Waals surface area contributed by atoms with Crippen molar-refractivity contribution in [1.29, 1.82) is 0 Å². The minimum absolute atomic E-state index is 1.09. The molecule has 118 valence electrons. The van der Waals surface area contributed by atoms with Gasteiger partial charge in [-0.05, 0) is 0 Å². The van der Waals surface area contributed by atoms with Gasteiger partial charge in [-0.1, -0.05) is 120 Å². The first-order chi connectivity index (χ1) is 10.2. The molecule has 0 aliphatic rings. The highest BCUT2D eigenvalue weighted by Crippen LogP contribution is 2.22. The van der Waals surface area contributed by atoms with Crippen molar-refractivity contribution >= 4 is 20.3 Å². The molecule has 2 heteroatoms. The van der Waals surface area contributed by atoms with Crippen LogP contribution in [-0.2, 0) is 0 Å². The van der Waals surface area contributed by atoms with Gasteiger partial charge in [-0.3, -0.25) is 0 Å². The van der Waals surface area contributed by atoms with Crippen LogP contribution >= 0.6 is 0 Å². The minimum Gasteiger partial charge on any atom is -0.0873 e. The molecule has 0 nitrogen and oxygen atoms in total. The Morgan fingerprint density at radius 2 is 1.29 bits per heavy atom. The summed E-state index contributed by atoms with van der Waals surface area (Å²) in [5.74, 6) is 0. The molecule has 21 heavy (non-hydrogen) atoms. The Hall–Kier alpha value is -0.498. The van der Waals surface area contributed by atoms with Crippen molar-refractivity contribution in [3.05, 3.63) is 30.3 Å². The SMILES string of the molecule is CCCCCC[Si](C)(Bc1ccccc1)CCCCCC. The number of hydrogen-bond donors (Lipinski definition) is 0. The number of unbranched alkanes of at least 4 members (excludes halogenated alkanes) is 6. The second kappa shape index (κ2) is 11.1. The maximum atomic E-state index is 2.66. The summed E-state index contributed by atoms with van der Waals surface area (Å²) in [6.45, 7) is 8.68. The van der Waals surface area contributed by atoms with E-state index in [0.29, 0.717) is 0 Å². The Balaban J connectivity index is 2.50. The molecule has 0 aliphatic carbocycles. The van der Waals surface area contributed by atoms with Gasteiger partial charge in [0, 0.05) is 7.94 Å². The molecule has 0 N–H and O–H groups in total. The molecular formula is C19H35BSi. The van der Waals surface area contributed by atoms with Crippen LogP contribution in [0.3, 0.4) is 0 Å². The summed E-state index contributed by atoms with van der Waals surface area (Å²) in [5.41, 5.74) is 1.58. The smallest absolute Gasteiger partial charge is 0.0873 e. The molecule has 0 amide bonds. The van der Waals surface area contributed by atoms with Crippen molar-refractivity contribution in [2.24, 2.45) is 0 Å². The molecule has 0 atom stereocenters. The average Bonchev–Trinajstić information content (AvgIpc) is 2.49. The van der Waals surface area contributed by atoms with E-state index in [-0.39, 0.29) is 0 Å². The number of benzene rings is 1. The van der Waals surface area contributed by atoms with Gasteiger partial charge in [-0.25, -0.2) is 0 Å². The van der Waals surface area contributed by atoms with Crippen LogP contribution in [0.4, 0.5) is 0 Å². The number of hydrogen-bond acceptors (Lipinski definition) is 0. The standard InChI is InChI=1S/C19H35BSi/c1-4-6-8-13-17-21(3,18-14-9-7-5-2)20-19-15-11-10-12-16-19/h10-12,15-16,20H,4-9,13-14,17-18H2,1-3H3. The van der Waals surface area contributed by atoms with Gasteiger partial charge in [-0.15, -0.1) is 0 Å². The van der Waals surface area contributed by atoms with Crippen LogP contribution in [0.15, 0.2) is 30.3 Å². The van der Waals surface area contributed by atoms with Crippen molar-refractivity contribution < 1.29 is 0 Å². The van der Waals surface area contributed by atoms with Crippen LogP contribution in [0.5, 0.6) is 0 Å². The third-order valence-electron chi connectivity index (χ3n) is 4.74. The Labute approximate surface area is 134 Å². The third kappa shape index (κ3) is 8.51. The Morgan fingerprint density at radius 3 is 1.76 bits per heavy atom. The second-order valence-electron chi connectivity index (χ2n) is 7.09. The summed E-state index contributed by atoms with van der Waals surface area (Å²) in [4.78, 5) is 0. The summed E-state index contributed by atoms with van der Waals surface area (Å²) >= 11 is 0. The zero-order chi connectivity index (χ0) is 15.4. The van der Waals surface area contributed by atoms with Crippen molar-refractivity contribution in [1.82, 2.24) is 0 Å². The lowest BCUT2D eigenvalue weighted by molar-refractivity contribution is 0.684. The fourth-order valence-corrected chi connectivity index (χ4v) is 7.38. The predicted octanol–water partition coefficient (Wildman–Crippen LogP) is 5.48. The lowest BCUT2D eigenvalue weighted by atomic mass is 9.94. The summed E-state index contributed by atoms with van der Waals surface area (Å²) in [6.07, 6.45) is 11.4. The maximum Gasteiger partial charge on any atom is 0.152 e. The molecule has 1 aromatic rings. The Morgan fingerprint density at radius 1 is 0.762 bits per heavy atom. The fraction of sp³-hybridized carbons (Fsp3) is 0.684. The van der Waals surface area contributed by atoms with E-state index in [1.807, 2.05) is 0 Å². The Kier molecular flexibility index (Phi) is 9.82. The van der Waals surface area contributed by atoms with Crippen LogP contribution in [0, 0.1) is 0 Å². The van der Waals surface area contributed by atoms with E-state index in [1.165, 1.54) is 70.3 Å². The van der Waals surface area contributed by atoms with E-state index < -0.39 is 7.94 Å². The molecule has 0 saturated heterocycles. The largest absolute Gasteiger partial charge is 0.152 e. The molecule has 0 heterocycles. The molecule has 0 spiro atoms. The maximum absolute atomic E-state index is 2.66. The van der Waals surface area contributed by atoms with Crippen LogP contribution in [0.1, 0.15) is 65.2 Å². The molecule has 0 unspecified atom stereocenters. The highest BCUT2D eigenvalue weighted by atomic mass is 28.3. The van der Waals surface area contributed by atoms with Gasteiger partial charge in [0.2, 0.25) is 0 Å². The van der Waals surface area contributed by atoms with E-state index in [9.17, 15) is 0 Å². The van der Waals surface area contributed by atoms with Crippen LogP contribution in [0.25, 0.3) is 0 Å². The summed E-state index contributed by atoms with van der Waals surface area (Å²) in [7, 11) is -1.09. The molecular weight excluding hydrogens is 267 g/mol. The van der Waals surface area contributed by atoms with Gasteiger partial charge >= 0.3 is 0 Å². The zero-order valence-electron chi connectivity index (χ0n) is 14.7. The van der Waals surface area contributed by atoms with Crippen LogP contribution < -0.4 is 5.46 Å². The highest BCUT2D eigenvalue weighted by molar-refractivity contribution is 7.28. The quantitative estimate of drug-likeness (QED) is 0.354. The van der Waals surface area contributed by atoms with E-state index in [4.69, 9.17) is 0 Å². The van der Waals surface area contributed by atoms with Crippen molar-refractivity contribution in [3.63, 3.8) is 0 Å². The number of rotatable bonds is 12. The predicted molar refractivity (Wildman–Crippen MR) is 103 cm³/mol. The molecule has 0 radical (unpaired) electrons. The van der Waals surface area contributed by atoms with E-state index in [0.717, 1.165) is 0 Å². The van der Waals surface area contributed by atoms with Gasteiger partial charge in [0.25, 0.3) is 0 Å². The summed E-state index contributed by atoms with van der Waals surface area (Å²) in [6, 6.07) is 14.3. The molecule has 0 saturated carbocycles. The van der Waals surface area contributed by atoms with Gasteiger partial charge in [-0.2, -0.15) is 0 Å². The normalized spacial score (nSPS) is 11.6. The topological polar surface area (TPSA) is 0 Å². The summed E-state index contributed by atoms with van der Waals surface area (Å²) in [5, 5.41) is 0. The first-order valence-electron chi connectivity index (χ1n) is 9.24. The highest BCUT2D eigenvalue weighted by Gasteiger charge is 2.27. The third-order valence-corrected chi connectivity index (χ3v) is 9.12. The molecule has 0 aromatic heterocycles. The fourth-order valence-electron chi connectivity index (χ4n) is 3.35. The Bertz CT molecular complexity index is 338. The summed E-state index contributed by atoms with van der Waals surface area (Å²) < 4.78 is 0. The first-order valence-corrected chi connectivity index (χ1v) is 12.4. The average molecular weight is 302 g/mol. The van der Waals surface area contributed by atoms with E-state index in [2.05, 4.69) is 50.7 Å². The van der Waals surface area contributed by atoms with Gasteiger partial charge in [0.05, 0.1) is 0 Å². The lowest BCUT2D eigenvalue weighted by Gasteiger charge is -2.27. The minimum atomic E-state index is -1.09. The van der Waals surface area contributed by atoms with E-state index >= 15 is 0 Å². The van der Waals surface area contributed by atoms with Crippen molar-refractivity contribution in [2.45, 2.75) is 83.8 Å². The molecule has 0 aliphatic heterocycles. The van der Waals surface area contributed by atoms with Crippen molar-refractivity contribution in [2.75, 3.05) is 0 Å². The van der Waals surface area contributed by atoms with Gasteiger partial charge in [0.15, 0.2) is 6.87 Å². The van der Waals surface area contributed by atoms with Gasteiger partial charge in [0.1, 0.15) is 0 Å². The molecule has 0 bridgehead atoms. The van der Waals surface area contributed by atoms with E-state index in [1.54, 1.807) is 5.46 Å². The molecule has 0 fully saturated rings. The van der Waals surface area contributed by atoms with Crippen LogP contribution in [0.2, 0.25) is 18.6 Å². The molecule has 1 aromatic carbocycles. The zero-order valence-corrected chi connectivity index (χ0v) is 15.7. The molecule has 1 rings (SSSR count). The van der Waals surface area contributed by atoms with Crippen molar-refractivity contribution in [3.8, 4) is 0 Å². The monoisotopic (exact) mass is 302 g/mol. The second-order valence-corrected chi connectivity index (χ2v) is 12.1. The van der Waals surface area contributed by atoms with Crippen LogP contribution in [-0.4, -0.2) is 14.8 Å².